The van der Waals surface area contributed by atoms with Crippen molar-refractivity contribution in [3.8, 4) is 0 Å². The van der Waals surface area contributed by atoms with E-state index < -0.39 is 46.9 Å². The van der Waals surface area contributed by atoms with Crippen LogP contribution in [0.1, 0.15) is 32.1 Å². The molecule has 5 nitrogen and oxygen atoms in total. The van der Waals surface area contributed by atoms with Gasteiger partial charge in [0.1, 0.15) is 11.6 Å². The van der Waals surface area contributed by atoms with Gasteiger partial charge in [0.2, 0.25) is 10.0 Å². The average molecular weight is 379 g/mol. The molecule has 0 radical (unpaired) electrons. The van der Waals surface area contributed by atoms with E-state index in [1.807, 2.05) is 0 Å². The maximum Gasteiger partial charge on any atom is 0.249 e. The van der Waals surface area contributed by atoms with Crippen molar-refractivity contribution < 1.29 is 25.6 Å². The number of hydrogen-bond donors (Lipinski definition) is 0. The van der Waals surface area contributed by atoms with Crippen molar-refractivity contribution in [2.24, 2.45) is 0 Å². The number of hydrogen-bond acceptors (Lipinski definition) is 4. The molecule has 1 saturated carbocycles. The summed E-state index contributed by atoms with van der Waals surface area (Å²) >= 11 is 0. The van der Waals surface area contributed by atoms with Gasteiger partial charge in [0.15, 0.2) is 14.7 Å². The lowest BCUT2D eigenvalue weighted by Crippen LogP contribution is -2.58. The van der Waals surface area contributed by atoms with Crippen LogP contribution in [0, 0.1) is 11.6 Å². The van der Waals surface area contributed by atoms with Gasteiger partial charge in [-0.05, 0) is 25.0 Å². The Kier molecular flexibility index (Phi) is 4.69. The lowest BCUT2D eigenvalue weighted by molar-refractivity contribution is 0.303. The summed E-state index contributed by atoms with van der Waals surface area (Å²) in [5.74, 6) is -2.35. The normalized spacial score (nSPS) is 21.6. The number of rotatable bonds is 4. The molecular formula is C15H19F2NO4S2. The minimum atomic E-state index is -4.37. The van der Waals surface area contributed by atoms with Crippen LogP contribution >= 0.6 is 0 Å². The average Bonchev–Trinajstić information content (AvgIpc) is 2.45. The highest BCUT2D eigenvalue weighted by atomic mass is 32.2. The van der Waals surface area contributed by atoms with E-state index in [0.717, 1.165) is 41.8 Å². The maximum absolute atomic E-state index is 13.7. The third-order valence-electron chi connectivity index (χ3n) is 4.81. The molecule has 0 amide bonds. The van der Waals surface area contributed by atoms with Crippen LogP contribution in [0.4, 0.5) is 8.78 Å². The number of sulfonamides is 1. The van der Waals surface area contributed by atoms with E-state index >= 15 is 0 Å². The van der Waals surface area contributed by atoms with E-state index in [4.69, 9.17) is 0 Å². The van der Waals surface area contributed by atoms with Crippen LogP contribution in [0.3, 0.4) is 0 Å². The zero-order valence-electron chi connectivity index (χ0n) is 13.0. The topological polar surface area (TPSA) is 71.5 Å². The van der Waals surface area contributed by atoms with Gasteiger partial charge in [-0.25, -0.2) is 25.6 Å². The first kappa shape index (κ1) is 17.8. The maximum atomic E-state index is 13.7. The zero-order chi connectivity index (χ0) is 17.5. The minimum Gasteiger partial charge on any atom is -0.228 e. The van der Waals surface area contributed by atoms with Gasteiger partial charge >= 0.3 is 0 Å². The molecule has 0 N–H and O–H groups in total. The first-order valence-corrected chi connectivity index (χ1v) is 11.0. The van der Waals surface area contributed by atoms with E-state index in [1.165, 1.54) is 0 Å². The lowest BCUT2D eigenvalue weighted by Gasteiger charge is -2.39. The summed E-state index contributed by atoms with van der Waals surface area (Å²) in [6.07, 6.45) is 3.95. The first-order chi connectivity index (χ1) is 11.2. The Bertz CT molecular complexity index is 807. The van der Waals surface area contributed by atoms with Crippen LogP contribution in [-0.4, -0.2) is 44.7 Å². The molecule has 0 aromatic heterocycles. The van der Waals surface area contributed by atoms with Crippen LogP contribution in [0.2, 0.25) is 0 Å². The highest BCUT2D eigenvalue weighted by Crippen LogP contribution is 2.33. The number of benzene rings is 1. The Labute approximate surface area is 140 Å². The molecule has 1 heterocycles. The summed E-state index contributed by atoms with van der Waals surface area (Å²) in [5, 5.41) is -1.21. The van der Waals surface area contributed by atoms with E-state index in [1.54, 1.807) is 0 Å². The van der Waals surface area contributed by atoms with E-state index in [0.29, 0.717) is 12.8 Å². The van der Waals surface area contributed by atoms with Crippen LogP contribution in [0.15, 0.2) is 23.1 Å². The minimum absolute atomic E-state index is 0.241. The molecule has 1 aliphatic heterocycles. The third-order valence-corrected chi connectivity index (χ3v) is 9.32. The van der Waals surface area contributed by atoms with Crippen molar-refractivity contribution in [3.63, 3.8) is 0 Å². The van der Waals surface area contributed by atoms with Crippen molar-refractivity contribution in [1.82, 2.24) is 4.31 Å². The molecule has 134 valence electrons. The molecule has 9 heteroatoms. The van der Waals surface area contributed by atoms with Crippen molar-refractivity contribution in [1.29, 1.82) is 0 Å². The van der Waals surface area contributed by atoms with Gasteiger partial charge in [-0.15, -0.1) is 0 Å². The van der Waals surface area contributed by atoms with Crippen LogP contribution in [0.25, 0.3) is 0 Å². The smallest absolute Gasteiger partial charge is 0.228 e. The SMILES string of the molecule is O=S(=O)(C1CCCCC1)C1CN(S(=O)(=O)c2c(F)cccc2F)C1. The number of sulfone groups is 1. The second-order valence-corrected chi connectivity index (χ2v) is 10.7. The van der Waals surface area contributed by atoms with Crippen molar-refractivity contribution >= 4 is 19.9 Å². The second-order valence-electron chi connectivity index (χ2n) is 6.34. The lowest BCUT2D eigenvalue weighted by atomic mass is 10.0. The van der Waals surface area contributed by atoms with E-state index in [9.17, 15) is 25.6 Å². The summed E-state index contributed by atoms with van der Waals surface area (Å²) in [7, 11) is -7.78. The molecule has 0 unspecified atom stereocenters. The fourth-order valence-corrected chi connectivity index (χ4v) is 7.47. The molecule has 0 atom stereocenters. The highest BCUT2D eigenvalue weighted by molar-refractivity contribution is 7.93. The van der Waals surface area contributed by atoms with Gasteiger partial charge in [0, 0.05) is 13.1 Å². The van der Waals surface area contributed by atoms with Gasteiger partial charge in [-0.2, -0.15) is 4.31 Å². The van der Waals surface area contributed by atoms with Crippen molar-refractivity contribution in [3.05, 3.63) is 29.8 Å². The Morgan fingerprint density at radius 1 is 0.875 bits per heavy atom. The van der Waals surface area contributed by atoms with Gasteiger partial charge < -0.3 is 0 Å². The number of halogens is 2. The molecule has 1 aromatic carbocycles. The summed E-state index contributed by atoms with van der Waals surface area (Å²) in [6.45, 7) is -0.482. The van der Waals surface area contributed by atoms with Crippen LogP contribution in [-0.2, 0) is 19.9 Å². The molecule has 1 aliphatic carbocycles. The predicted molar refractivity (Wildman–Crippen MR) is 84.7 cm³/mol. The standard InChI is InChI=1S/C15H19F2NO4S2/c16-13-7-4-8-14(17)15(13)24(21,22)18-9-12(10-18)23(19,20)11-5-2-1-3-6-11/h4,7-8,11-12H,1-3,5-6,9-10H2. The largest absolute Gasteiger partial charge is 0.249 e. The third kappa shape index (κ3) is 2.97. The second kappa shape index (κ2) is 6.34. The predicted octanol–water partition coefficient (Wildman–Crippen LogP) is 2.09. The van der Waals surface area contributed by atoms with E-state index in [2.05, 4.69) is 0 Å². The molecule has 2 fully saturated rings. The Hall–Kier alpha value is -1.06. The molecule has 1 saturated heterocycles. The van der Waals surface area contributed by atoms with E-state index in [-0.39, 0.29) is 13.1 Å². The molecule has 0 spiro atoms. The monoisotopic (exact) mass is 379 g/mol. The van der Waals surface area contributed by atoms with Gasteiger partial charge in [0.05, 0.1) is 10.5 Å². The summed E-state index contributed by atoms with van der Waals surface area (Å²) < 4.78 is 78.1. The van der Waals surface area contributed by atoms with Gasteiger partial charge in [-0.1, -0.05) is 25.3 Å². The Morgan fingerprint density at radius 3 is 1.96 bits per heavy atom. The summed E-state index contributed by atoms with van der Waals surface area (Å²) in [5.41, 5.74) is 0. The molecule has 24 heavy (non-hydrogen) atoms. The molecule has 0 bridgehead atoms. The Balaban J connectivity index is 1.76. The van der Waals surface area contributed by atoms with Crippen LogP contribution < -0.4 is 0 Å². The Morgan fingerprint density at radius 2 is 1.42 bits per heavy atom. The van der Waals surface area contributed by atoms with Crippen molar-refractivity contribution in [2.45, 2.75) is 47.5 Å². The fourth-order valence-electron chi connectivity index (χ4n) is 3.33. The van der Waals surface area contributed by atoms with Gasteiger partial charge in [0.25, 0.3) is 0 Å². The summed E-state index contributed by atoms with van der Waals surface area (Å²) in [6, 6.07) is 2.81. The van der Waals surface area contributed by atoms with Gasteiger partial charge in [-0.3, -0.25) is 0 Å². The fraction of sp³-hybridized carbons (Fsp3) is 0.600. The number of nitrogens with zero attached hydrogens (tertiary/aromatic N) is 1. The first-order valence-electron chi connectivity index (χ1n) is 7.91. The molecule has 1 aromatic rings. The molecular weight excluding hydrogens is 360 g/mol. The molecule has 3 rings (SSSR count). The molecule has 2 aliphatic rings. The quantitative estimate of drug-likeness (QED) is 0.803. The van der Waals surface area contributed by atoms with Crippen molar-refractivity contribution in [2.75, 3.05) is 13.1 Å². The van der Waals surface area contributed by atoms with Crippen LogP contribution in [0.5, 0.6) is 0 Å². The highest BCUT2D eigenvalue weighted by Gasteiger charge is 2.47. The zero-order valence-corrected chi connectivity index (χ0v) is 14.6. The summed E-state index contributed by atoms with van der Waals surface area (Å²) in [4.78, 5) is -1.02.